The molecule has 12 heteroatoms. The van der Waals surface area contributed by atoms with Crippen molar-refractivity contribution in [2.75, 3.05) is 44.4 Å². The number of carbonyl (C=O) groups is 2. The van der Waals surface area contributed by atoms with E-state index in [1.165, 1.54) is 16.9 Å². The number of primary amides is 1. The van der Waals surface area contributed by atoms with Gasteiger partial charge in [-0.1, -0.05) is 30.3 Å². The highest BCUT2D eigenvalue weighted by atomic mass is 19.1. The number of rotatable bonds is 9. The van der Waals surface area contributed by atoms with Crippen molar-refractivity contribution in [3.63, 3.8) is 0 Å². The number of aromatic nitrogens is 3. The second-order valence-corrected chi connectivity index (χ2v) is 10.2. The van der Waals surface area contributed by atoms with Crippen LogP contribution in [-0.4, -0.2) is 77.9 Å². The molecule has 4 aromatic rings. The lowest BCUT2D eigenvalue weighted by molar-refractivity contribution is -0.189. The van der Waals surface area contributed by atoms with E-state index < -0.39 is 29.5 Å². The SMILES string of the molecule is NC(=O)C1(C(Cc2ccccc2)NC(=O)c2cccnc2-n2ccc(-c3ccc(N4CCOCC4)cc3F)n2)OCCO1. The summed E-state index contributed by atoms with van der Waals surface area (Å²) in [6, 6.07) is 18.3. The van der Waals surface area contributed by atoms with Gasteiger partial charge in [0.1, 0.15) is 5.82 Å². The van der Waals surface area contributed by atoms with Gasteiger partial charge in [0.25, 0.3) is 17.6 Å². The van der Waals surface area contributed by atoms with Crippen LogP contribution in [0.1, 0.15) is 15.9 Å². The number of nitrogens with zero attached hydrogens (tertiary/aromatic N) is 4. The number of halogens is 1. The van der Waals surface area contributed by atoms with Gasteiger partial charge in [-0.3, -0.25) is 9.59 Å². The van der Waals surface area contributed by atoms with Gasteiger partial charge in [0.15, 0.2) is 5.82 Å². The maximum absolute atomic E-state index is 15.2. The molecule has 0 spiro atoms. The number of nitrogens with one attached hydrogen (secondary N) is 1. The predicted octanol–water partition coefficient (Wildman–Crippen LogP) is 2.48. The second kappa shape index (κ2) is 12.3. The molecule has 0 radical (unpaired) electrons. The molecular formula is C31H31FN6O5. The zero-order valence-electron chi connectivity index (χ0n) is 23.3. The fourth-order valence-corrected chi connectivity index (χ4v) is 5.38. The molecule has 0 bridgehead atoms. The van der Waals surface area contributed by atoms with Gasteiger partial charge in [0, 0.05) is 36.7 Å². The summed E-state index contributed by atoms with van der Waals surface area (Å²) in [5.74, 6) is -3.41. The molecule has 1 unspecified atom stereocenters. The summed E-state index contributed by atoms with van der Waals surface area (Å²) in [6.45, 7) is 2.91. The van der Waals surface area contributed by atoms with Gasteiger partial charge in [-0.25, -0.2) is 14.1 Å². The minimum Gasteiger partial charge on any atom is -0.378 e. The van der Waals surface area contributed by atoms with Crippen molar-refractivity contribution >= 4 is 17.5 Å². The Morgan fingerprint density at radius 1 is 1.00 bits per heavy atom. The topological polar surface area (TPSA) is 134 Å². The zero-order valence-corrected chi connectivity index (χ0v) is 23.3. The van der Waals surface area contributed by atoms with E-state index in [9.17, 15) is 9.59 Å². The number of carbonyl (C=O) groups excluding carboxylic acids is 2. The Morgan fingerprint density at radius 2 is 1.77 bits per heavy atom. The minimum atomic E-state index is -1.84. The first-order valence-electron chi connectivity index (χ1n) is 14.0. The second-order valence-electron chi connectivity index (χ2n) is 10.2. The highest BCUT2D eigenvalue weighted by Gasteiger charge is 2.51. The molecule has 3 N–H and O–H groups in total. The Morgan fingerprint density at radius 3 is 2.49 bits per heavy atom. The van der Waals surface area contributed by atoms with Crippen LogP contribution in [0.15, 0.2) is 79.1 Å². The summed E-state index contributed by atoms with van der Waals surface area (Å²) < 4.78 is 33.5. The van der Waals surface area contributed by atoms with Gasteiger partial charge < -0.3 is 30.2 Å². The van der Waals surface area contributed by atoms with Gasteiger partial charge in [-0.15, -0.1) is 0 Å². The number of hydrogen-bond donors (Lipinski definition) is 2. The first kappa shape index (κ1) is 28.5. The molecule has 2 fully saturated rings. The first-order valence-corrected chi connectivity index (χ1v) is 14.0. The molecule has 0 saturated carbocycles. The van der Waals surface area contributed by atoms with E-state index in [2.05, 4.69) is 20.3 Å². The monoisotopic (exact) mass is 586 g/mol. The average molecular weight is 587 g/mol. The van der Waals surface area contributed by atoms with Gasteiger partial charge >= 0.3 is 0 Å². The molecule has 2 aliphatic heterocycles. The highest BCUT2D eigenvalue weighted by molar-refractivity contribution is 5.98. The van der Waals surface area contributed by atoms with Crippen molar-refractivity contribution in [3.05, 3.63) is 96.1 Å². The molecule has 222 valence electrons. The smallest absolute Gasteiger partial charge is 0.280 e. The molecule has 0 aliphatic carbocycles. The number of nitrogens with two attached hydrogens (primary N) is 1. The molecule has 2 aliphatic rings. The van der Waals surface area contributed by atoms with Crippen molar-refractivity contribution < 1.29 is 28.2 Å². The van der Waals surface area contributed by atoms with E-state index in [-0.39, 0.29) is 31.0 Å². The zero-order chi connectivity index (χ0) is 29.8. The van der Waals surface area contributed by atoms with E-state index in [1.807, 2.05) is 36.4 Å². The van der Waals surface area contributed by atoms with Crippen LogP contribution >= 0.6 is 0 Å². The third-order valence-corrected chi connectivity index (χ3v) is 7.55. The molecule has 2 aromatic heterocycles. The van der Waals surface area contributed by atoms with Crippen LogP contribution in [0.2, 0.25) is 0 Å². The largest absolute Gasteiger partial charge is 0.378 e. The van der Waals surface area contributed by atoms with Gasteiger partial charge in [0.05, 0.1) is 43.7 Å². The molecule has 6 rings (SSSR count). The lowest BCUT2D eigenvalue weighted by Crippen LogP contribution is -2.61. The molecule has 4 heterocycles. The van der Waals surface area contributed by atoms with Gasteiger partial charge in [-0.05, 0) is 48.4 Å². The minimum absolute atomic E-state index is 0.155. The first-order chi connectivity index (χ1) is 20.9. The lowest BCUT2D eigenvalue weighted by atomic mass is 9.97. The Hall–Kier alpha value is -4.65. The van der Waals surface area contributed by atoms with Crippen molar-refractivity contribution in [2.24, 2.45) is 5.73 Å². The number of pyridine rings is 1. The summed E-state index contributed by atoms with van der Waals surface area (Å²) in [5.41, 5.74) is 8.24. The Labute approximate surface area is 247 Å². The fourth-order valence-electron chi connectivity index (χ4n) is 5.38. The number of hydrogen-bond acceptors (Lipinski definition) is 8. The van der Waals surface area contributed by atoms with Crippen LogP contribution in [0.25, 0.3) is 17.1 Å². The Bertz CT molecular complexity index is 1600. The third kappa shape index (κ3) is 5.85. The van der Waals surface area contributed by atoms with Crippen molar-refractivity contribution in [2.45, 2.75) is 18.2 Å². The molecule has 43 heavy (non-hydrogen) atoms. The van der Waals surface area contributed by atoms with Gasteiger partial charge in [0.2, 0.25) is 0 Å². The van der Waals surface area contributed by atoms with E-state index in [1.54, 1.807) is 30.5 Å². The van der Waals surface area contributed by atoms with Crippen molar-refractivity contribution in [1.82, 2.24) is 20.1 Å². The summed E-state index contributed by atoms with van der Waals surface area (Å²) in [4.78, 5) is 32.8. The van der Waals surface area contributed by atoms with E-state index in [0.29, 0.717) is 37.6 Å². The Kier molecular flexibility index (Phi) is 8.14. The fraction of sp³-hybridized carbons (Fsp3) is 0.290. The van der Waals surface area contributed by atoms with Crippen LogP contribution in [-0.2, 0) is 25.4 Å². The molecule has 2 amide bonds. The lowest BCUT2D eigenvalue weighted by Gasteiger charge is -2.33. The molecule has 1 atom stereocenters. The summed E-state index contributed by atoms with van der Waals surface area (Å²) >= 11 is 0. The highest BCUT2D eigenvalue weighted by Crippen LogP contribution is 2.29. The van der Waals surface area contributed by atoms with Crippen LogP contribution in [0, 0.1) is 5.82 Å². The Balaban J connectivity index is 1.27. The summed E-state index contributed by atoms with van der Waals surface area (Å²) in [6.07, 6.45) is 3.36. The van der Waals surface area contributed by atoms with Crippen LogP contribution in [0.5, 0.6) is 0 Å². The molecular weight excluding hydrogens is 555 g/mol. The number of anilines is 1. The van der Waals surface area contributed by atoms with Crippen LogP contribution < -0.4 is 16.0 Å². The number of amides is 2. The predicted molar refractivity (Wildman–Crippen MR) is 155 cm³/mol. The van der Waals surface area contributed by atoms with Gasteiger partial charge in [-0.2, -0.15) is 5.10 Å². The average Bonchev–Trinajstić information content (AvgIpc) is 3.73. The maximum atomic E-state index is 15.2. The molecule has 2 aromatic carbocycles. The number of ether oxygens (including phenoxy) is 3. The van der Waals surface area contributed by atoms with E-state index >= 15 is 4.39 Å². The summed E-state index contributed by atoms with van der Waals surface area (Å²) in [5, 5.41) is 7.44. The van der Waals surface area contributed by atoms with Crippen LogP contribution in [0.4, 0.5) is 10.1 Å². The standard InChI is InChI=1S/C31H31FN6O5/c32-25-20-22(37-13-15-41-16-14-37)8-9-23(25)26-10-12-38(36-26)28-24(7-4-11-34-28)29(39)35-27(19-21-5-2-1-3-6-21)31(30(33)40)42-17-18-43-31/h1-12,20,27H,13-19H2,(H2,33,40)(H,35,39). The third-order valence-electron chi connectivity index (χ3n) is 7.55. The van der Waals surface area contributed by atoms with Crippen molar-refractivity contribution in [3.8, 4) is 17.1 Å². The maximum Gasteiger partial charge on any atom is 0.280 e. The number of morpholine rings is 1. The van der Waals surface area contributed by atoms with Crippen molar-refractivity contribution in [1.29, 1.82) is 0 Å². The number of benzene rings is 2. The summed E-state index contributed by atoms with van der Waals surface area (Å²) in [7, 11) is 0. The van der Waals surface area contributed by atoms with E-state index in [4.69, 9.17) is 19.9 Å². The van der Waals surface area contributed by atoms with E-state index in [0.717, 1.165) is 11.3 Å². The van der Waals surface area contributed by atoms with Crippen LogP contribution in [0.3, 0.4) is 0 Å². The quantitative estimate of drug-likeness (QED) is 0.306. The normalized spacial score (nSPS) is 17.0. The molecule has 11 nitrogen and oxygen atoms in total. The molecule has 2 saturated heterocycles.